The molecular formula is C23H24O7. The van der Waals surface area contributed by atoms with Gasteiger partial charge in [0.2, 0.25) is 0 Å². The summed E-state index contributed by atoms with van der Waals surface area (Å²) in [5.41, 5.74) is 2.18. The van der Waals surface area contributed by atoms with Gasteiger partial charge < -0.3 is 28.8 Å². The van der Waals surface area contributed by atoms with Crippen molar-refractivity contribution in [2.24, 2.45) is 5.92 Å². The number of carbonyl (C=O) groups is 1. The van der Waals surface area contributed by atoms with Gasteiger partial charge in [0, 0.05) is 36.1 Å². The van der Waals surface area contributed by atoms with Gasteiger partial charge in [-0.1, -0.05) is 6.92 Å². The van der Waals surface area contributed by atoms with Gasteiger partial charge in [-0.3, -0.25) is 4.79 Å². The molecule has 0 amide bonds. The molecule has 3 aliphatic heterocycles. The number of ketones is 1. The third kappa shape index (κ3) is 2.72. The van der Waals surface area contributed by atoms with E-state index in [2.05, 4.69) is 0 Å². The lowest BCUT2D eigenvalue weighted by atomic mass is 9.81. The van der Waals surface area contributed by atoms with Crippen LogP contribution in [0, 0.1) is 5.92 Å². The molecule has 2 aromatic rings. The zero-order valence-electron chi connectivity index (χ0n) is 17.1. The van der Waals surface area contributed by atoms with E-state index < -0.39 is 12.0 Å². The Morgan fingerprint density at radius 2 is 1.90 bits per heavy atom. The number of ether oxygens (including phenoxy) is 5. The predicted molar refractivity (Wildman–Crippen MR) is 107 cm³/mol. The van der Waals surface area contributed by atoms with Crippen LogP contribution in [-0.4, -0.2) is 50.5 Å². The first-order valence-electron chi connectivity index (χ1n) is 10.1. The molecule has 5 rings (SSSR count). The Morgan fingerprint density at radius 1 is 1.13 bits per heavy atom. The van der Waals surface area contributed by atoms with Gasteiger partial charge in [-0.2, -0.15) is 0 Å². The van der Waals surface area contributed by atoms with Crippen molar-refractivity contribution in [1.29, 1.82) is 0 Å². The van der Waals surface area contributed by atoms with Gasteiger partial charge in [-0.15, -0.1) is 0 Å². The van der Waals surface area contributed by atoms with Crippen LogP contribution in [0.3, 0.4) is 0 Å². The number of methoxy groups -OCH3 is 2. The van der Waals surface area contributed by atoms with Crippen LogP contribution in [0.15, 0.2) is 24.3 Å². The number of Topliss-reactive ketones (excluding diaryl/α,β-unsaturated/α-hetero) is 1. The Labute approximate surface area is 174 Å². The molecule has 0 fully saturated rings. The highest BCUT2D eigenvalue weighted by molar-refractivity contribution is 6.06. The maximum absolute atomic E-state index is 13.6. The number of carbonyl (C=O) groups excluding carboxylic acids is 1. The Morgan fingerprint density at radius 3 is 2.63 bits per heavy atom. The molecule has 0 spiro atoms. The maximum Gasteiger partial charge on any atom is 0.178 e. The molecule has 1 N–H and O–H groups in total. The first-order valence-corrected chi connectivity index (χ1v) is 10.1. The number of rotatable bonds is 4. The fourth-order valence-corrected chi connectivity index (χ4v) is 4.53. The van der Waals surface area contributed by atoms with Crippen LogP contribution < -0.4 is 23.7 Å². The SMILES string of the molecule is COc1cc2c(cc1OC)C1C(=O)c3ccc4c(c3OC1CO2)CC(C(C)CO)O4. The monoisotopic (exact) mass is 412 g/mol. The first-order chi connectivity index (χ1) is 14.5. The zero-order valence-corrected chi connectivity index (χ0v) is 17.1. The average molecular weight is 412 g/mol. The third-order valence-corrected chi connectivity index (χ3v) is 6.27. The van der Waals surface area contributed by atoms with Crippen molar-refractivity contribution in [2.75, 3.05) is 27.4 Å². The predicted octanol–water partition coefficient (Wildman–Crippen LogP) is 2.76. The van der Waals surface area contributed by atoms with E-state index in [4.69, 9.17) is 23.7 Å². The van der Waals surface area contributed by atoms with Crippen LogP contribution in [-0.2, 0) is 6.42 Å². The molecule has 0 saturated heterocycles. The van der Waals surface area contributed by atoms with E-state index in [0.29, 0.717) is 40.7 Å². The smallest absolute Gasteiger partial charge is 0.178 e. The van der Waals surface area contributed by atoms with E-state index in [0.717, 1.165) is 11.1 Å². The van der Waals surface area contributed by atoms with Crippen molar-refractivity contribution in [1.82, 2.24) is 0 Å². The van der Waals surface area contributed by atoms with Crippen LogP contribution in [0.5, 0.6) is 28.7 Å². The Balaban J connectivity index is 1.55. The van der Waals surface area contributed by atoms with Crippen molar-refractivity contribution >= 4 is 5.78 Å². The second-order valence-corrected chi connectivity index (χ2v) is 7.99. The van der Waals surface area contributed by atoms with Crippen LogP contribution in [0.4, 0.5) is 0 Å². The lowest BCUT2D eigenvalue weighted by molar-refractivity contribution is 0.0554. The highest BCUT2D eigenvalue weighted by Gasteiger charge is 2.45. The van der Waals surface area contributed by atoms with E-state index in [1.807, 2.05) is 13.0 Å². The zero-order chi connectivity index (χ0) is 21.0. The lowest BCUT2D eigenvalue weighted by Crippen LogP contribution is -2.43. The first kappa shape index (κ1) is 19.1. The molecule has 158 valence electrons. The summed E-state index contributed by atoms with van der Waals surface area (Å²) in [6, 6.07) is 7.15. The van der Waals surface area contributed by atoms with E-state index >= 15 is 0 Å². The molecule has 0 aliphatic carbocycles. The molecule has 0 aromatic heterocycles. The number of benzene rings is 2. The number of fused-ring (bicyclic) bond motifs is 6. The normalized spacial score (nSPS) is 24.3. The van der Waals surface area contributed by atoms with Gasteiger partial charge in [-0.25, -0.2) is 0 Å². The Bertz CT molecular complexity index is 1020. The molecule has 3 heterocycles. The van der Waals surface area contributed by atoms with Gasteiger partial charge in [0.1, 0.15) is 36.1 Å². The van der Waals surface area contributed by atoms with Crippen LogP contribution in [0.1, 0.15) is 34.3 Å². The summed E-state index contributed by atoms with van der Waals surface area (Å²) in [6.07, 6.45) is 0.0392. The van der Waals surface area contributed by atoms with E-state index in [1.165, 1.54) is 0 Å². The molecule has 30 heavy (non-hydrogen) atoms. The quantitative estimate of drug-likeness (QED) is 0.827. The van der Waals surface area contributed by atoms with E-state index in [9.17, 15) is 9.90 Å². The highest BCUT2D eigenvalue weighted by atomic mass is 16.5. The molecule has 0 saturated carbocycles. The summed E-state index contributed by atoms with van der Waals surface area (Å²) in [7, 11) is 3.13. The van der Waals surface area contributed by atoms with Gasteiger partial charge in [0.15, 0.2) is 17.3 Å². The van der Waals surface area contributed by atoms with Crippen molar-refractivity contribution in [3.63, 3.8) is 0 Å². The van der Waals surface area contributed by atoms with E-state index in [-0.39, 0.29) is 31.0 Å². The van der Waals surface area contributed by atoms with Gasteiger partial charge in [0.05, 0.1) is 25.7 Å². The summed E-state index contributed by atoms with van der Waals surface area (Å²) in [4.78, 5) is 13.6. The summed E-state index contributed by atoms with van der Waals surface area (Å²) in [5, 5.41) is 9.48. The van der Waals surface area contributed by atoms with Crippen molar-refractivity contribution in [3.8, 4) is 28.7 Å². The molecule has 4 atom stereocenters. The average Bonchev–Trinajstić information content (AvgIpc) is 3.22. The second kappa shape index (κ2) is 7.09. The fourth-order valence-electron chi connectivity index (χ4n) is 4.53. The number of hydrogen-bond donors (Lipinski definition) is 1. The van der Waals surface area contributed by atoms with Gasteiger partial charge >= 0.3 is 0 Å². The lowest BCUT2D eigenvalue weighted by Gasteiger charge is -2.37. The molecular weight excluding hydrogens is 388 g/mol. The number of aliphatic hydroxyl groups is 1. The largest absolute Gasteiger partial charge is 0.493 e. The van der Waals surface area contributed by atoms with Crippen LogP contribution >= 0.6 is 0 Å². The van der Waals surface area contributed by atoms with Gasteiger partial charge in [-0.05, 0) is 18.2 Å². The van der Waals surface area contributed by atoms with E-state index in [1.54, 1.807) is 32.4 Å². The van der Waals surface area contributed by atoms with Crippen molar-refractivity contribution in [2.45, 2.75) is 31.5 Å². The van der Waals surface area contributed by atoms with Crippen LogP contribution in [0.25, 0.3) is 0 Å². The molecule has 7 nitrogen and oxygen atoms in total. The topological polar surface area (TPSA) is 83.5 Å². The van der Waals surface area contributed by atoms with Crippen LogP contribution in [0.2, 0.25) is 0 Å². The summed E-state index contributed by atoms with van der Waals surface area (Å²) in [6.45, 7) is 2.25. The minimum absolute atomic E-state index is 0.000485. The second-order valence-electron chi connectivity index (χ2n) is 7.99. The molecule has 4 unspecified atom stereocenters. The number of aliphatic hydroxyl groups excluding tert-OH is 1. The minimum atomic E-state index is -0.478. The standard InChI is InChI=1S/C23H24O7/c1-11(9-24)16-7-14-15(29-16)5-4-12-22(25)21-13-6-18(26-2)19(27-3)8-17(13)28-10-20(21)30-23(12)14/h4-6,8,11,16,20-21,24H,7,9-10H2,1-3H3. The Hall–Kier alpha value is -2.93. The molecule has 3 aliphatic rings. The number of hydrogen-bond acceptors (Lipinski definition) is 7. The minimum Gasteiger partial charge on any atom is -0.493 e. The molecule has 0 bridgehead atoms. The third-order valence-electron chi connectivity index (χ3n) is 6.27. The summed E-state index contributed by atoms with van der Waals surface area (Å²) < 4.78 is 29.0. The fraction of sp³-hybridized carbons (Fsp3) is 0.435. The highest BCUT2D eigenvalue weighted by Crippen LogP contribution is 2.49. The molecule has 7 heteroatoms. The van der Waals surface area contributed by atoms with Crippen molar-refractivity contribution < 1.29 is 33.6 Å². The molecule has 2 aromatic carbocycles. The molecule has 0 radical (unpaired) electrons. The summed E-state index contributed by atoms with van der Waals surface area (Å²) in [5.74, 6) is 2.52. The maximum atomic E-state index is 13.6. The summed E-state index contributed by atoms with van der Waals surface area (Å²) >= 11 is 0. The Kier molecular flexibility index (Phi) is 4.50. The van der Waals surface area contributed by atoms with Crippen molar-refractivity contribution in [3.05, 3.63) is 41.0 Å². The van der Waals surface area contributed by atoms with Gasteiger partial charge in [0.25, 0.3) is 0 Å².